The SMILES string of the molecule is COC(=O)C(OC)c1ccc(-n2cnnn2)cc1. The van der Waals surface area contributed by atoms with Crippen molar-refractivity contribution in [3.05, 3.63) is 36.2 Å². The Morgan fingerprint density at radius 1 is 1.28 bits per heavy atom. The van der Waals surface area contributed by atoms with Crippen molar-refractivity contribution in [1.29, 1.82) is 0 Å². The number of tetrazole rings is 1. The van der Waals surface area contributed by atoms with Crippen LogP contribution in [0.5, 0.6) is 0 Å². The van der Waals surface area contributed by atoms with E-state index in [4.69, 9.17) is 4.74 Å². The van der Waals surface area contributed by atoms with Crippen molar-refractivity contribution >= 4 is 5.97 Å². The highest BCUT2D eigenvalue weighted by molar-refractivity contribution is 5.76. The predicted octanol–water partition coefficient (Wildman–Crippen LogP) is 0.523. The molecule has 1 aromatic carbocycles. The summed E-state index contributed by atoms with van der Waals surface area (Å²) in [6, 6.07) is 7.12. The van der Waals surface area contributed by atoms with Crippen LogP contribution in [0.1, 0.15) is 11.7 Å². The van der Waals surface area contributed by atoms with Gasteiger partial charge in [0.25, 0.3) is 0 Å². The molecule has 2 aromatic rings. The van der Waals surface area contributed by atoms with Crippen molar-refractivity contribution in [1.82, 2.24) is 20.2 Å². The molecule has 18 heavy (non-hydrogen) atoms. The van der Waals surface area contributed by atoms with E-state index < -0.39 is 12.1 Å². The maximum atomic E-state index is 11.5. The molecule has 0 N–H and O–H groups in total. The third kappa shape index (κ3) is 2.35. The third-order valence-electron chi connectivity index (χ3n) is 2.46. The summed E-state index contributed by atoms with van der Waals surface area (Å²) >= 11 is 0. The van der Waals surface area contributed by atoms with E-state index in [1.807, 2.05) is 0 Å². The molecule has 0 amide bonds. The van der Waals surface area contributed by atoms with Crippen molar-refractivity contribution in [3.8, 4) is 5.69 Å². The van der Waals surface area contributed by atoms with Gasteiger partial charge in [0.05, 0.1) is 12.8 Å². The molecule has 0 saturated carbocycles. The first-order valence-electron chi connectivity index (χ1n) is 5.20. The van der Waals surface area contributed by atoms with Gasteiger partial charge in [-0.25, -0.2) is 9.48 Å². The summed E-state index contributed by atoms with van der Waals surface area (Å²) in [4.78, 5) is 11.5. The van der Waals surface area contributed by atoms with Crippen LogP contribution >= 0.6 is 0 Å². The summed E-state index contributed by atoms with van der Waals surface area (Å²) in [6.07, 6.45) is 0.765. The number of nitrogens with zero attached hydrogens (tertiary/aromatic N) is 4. The average Bonchev–Trinajstić information content (AvgIpc) is 2.94. The van der Waals surface area contributed by atoms with E-state index in [1.54, 1.807) is 24.3 Å². The van der Waals surface area contributed by atoms with Crippen molar-refractivity contribution in [2.75, 3.05) is 14.2 Å². The number of methoxy groups -OCH3 is 2. The maximum absolute atomic E-state index is 11.5. The minimum atomic E-state index is -0.724. The molecule has 2 rings (SSSR count). The first kappa shape index (κ1) is 12.2. The van der Waals surface area contributed by atoms with Crippen LogP contribution in [0, 0.1) is 0 Å². The van der Waals surface area contributed by atoms with Gasteiger partial charge in [0.15, 0.2) is 6.10 Å². The summed E-state index contributed by atoms with van der Waals surface area (Å²) in [5.74, 6) is -0.437. The molecule has 1 atom stereocenters. The molecule has 0 bridgehead atoms. The zero-order valence-corrected chi connectivity index (χ0v) is 9.98. The molecule has 1 unspecified atom stereocenters. The van der Waals surface area contributed by atoms with Crippen LogP contribution in [-0.4, -0.2) is 40.4 Å². The first-order chi connectivity index (χ1) is 8.76. The number of esters is 1. The van der Waals surface area contributed by atoms with Gasteiger partial charge in [0.2, 0.25) is 0 Å². The number of benzene rings is 1. The Morgan fingerprint density at radius 3 is 2.50 bits per heavy atom. The maximum Gasteiger partial charge on any atom is 0.339 e. The molecule has 0 aliphatic carbocycles. The Bertz CT molecular complexity index is 510. The second kappa shape index (κ2) is 5.37. The first-order valence-corrected chi connectivity index (χ1v) is 5.20. The van der Waals surface area contributed by atoms with Gasteiger partial charge in [-0.15, -0.1) is 5.10 Å². The van der Waals surface area contributed by atoms with Gasteiger partial charge in [-0.3, -0.25) is 0 Å². The average molecular weight is 248 g/mol. The fraction of sp³-hybridized carbons (Fsp3) is 0.273. The lowest BCUT2D eigenvalue weighted by Gasteiger charge is -2.13. The van der Waals surface area contributed by atoms with Crippen molar-refractivity contribution in [3.63, 3.8) is 0 Å². The highest BCUT2D eigenvalue weighted by atomic mass is 16.6. The Hall–Kier alpha value is -2.28. The molecule has 7 heteroatoms. The zero-order chi connectivity index (χ0) is 13.0. The lowest BCUT2D eigenvalue weighted by Crippen LogP contribution is -2.16. The van der Waals surface area contributed by atoms with Gasteiger partial charge in [0, 0.05) is 7.11 Å². The molecule has 1 aromatic heterocycles. The zero-order valence-electron chi connectivity index (χ0n) is 9.98. The van der Waals surface area contributed by atoms with Gasteiger partial charge in [-0.1, -0.05) is 12.1 Å². The monoisotopic (exact) mass is 248 g/mol. The number of hydrogen-bond acceptors (Lipinski definition) is 6. The molecule has 0 aliphatic rings. The second-order valence-corrected chi connectivity index (χ2v) is 3.48. The van der Waals surface area contributed by atoms with Crippen LogP contribution in [0.15, 0.2) is 30.6 Å². The van der Waals surface area contributed by atoms with Crippen LogP contribution in [-0.2, 0) is 14.3 Å². The van der Waals surface area contributed by atoms with Gasteiger partial charge in [-0.05, 0) is 28.1 Å². The van der Waals surface area contributed by atoms with Crippen LogP contribution in [0.4, 0.5) is 0 Å². The fourth-order valence-electron chi connectivity index (χ4n) is 1.56. The minimum absolute atomic E-state index is 0.437. The Balaban J connectivity index is 2.24. The Kier molecular flexibility index (Phi) is 3.63. The Morgan fingerprint density at radius 2 is 2.00 bits per heavy atom. The molecule has 7 nitrogen and oxygen atoms in total. The van der Waals surface area contributed by atoms with E-state index >= 15 is 0 Å². The van der Waals surface area contributed by atoms with Crippen molar-refractivity contribution in [2.45, 2.75) is 6.10 Å². The highest BCUT2D eigenvalue weighted by Gasteiger charge is 2.20. The topological polar surface area (TPSA) is 79.1 Å². The minimum Gasteiger partial charge on any atom is -0.467 e. The van der Waals surface area contributed by atoms with E-state index in [9.17, 15) is 4.79 Å². The number of hydrogen-bond donors (Lipinski definition) is 0. The second-order valence-electron chi connectivity index (χ2n) is 3.48. The summed E-state index contributed by atoms with van der Waals surface area (Å²) < 4.78 is 11.3. The van der Waals surface area contributed by atoms with Gasteiger partial charge >= 0.3 is 5.97 Å². The molecule has 1 heterocycles. The van der Waals surface area contributed by atoms with E-state index in [0.29, 0.717) is 5.56 Å². The van der Waals surface area contributed by atoms with Gasteiger partial charge in [0.1, 0.15) is 6.33 Å². The molecular weight excluding hydrogens is 236 g/mol. The number of carbonyl (C=O) groups is 1. The molecule has 94 valence electrons. The third-order valence-corrected chi connectivity index (χ3v) is 2.46. The highest BCUT2D eigenvalue weighted by Crippen LogP contribution is 2.19. The van der Waals surface area contributed by atoms with E-state index in [-0.39, 0.29) is 0 Å². The van der Waals surface area contributed by atoms with Crippen molar-refractivity contribution in [2.24, 2.45) is 0 Å². The lowest BCUT2D eigenvalue weighted by atomic mass is 10.1. The number of rotatable bonds is 4. The molecule has 0 radical (unpaired) electrons. The summed E-state index contributed by atoms with van der Waals surface area (Å²) in [5, 5.41) is 10.9. The fourth-order valence-corrected chi connectivity index (χ4v) is 1.56. The summed E-state index contributed by atoms with van der Waals surface area (Å²) in [7, 11) is 2.78. The smallest absolute Gasteiger partial charge is 0.339 e. The largest absolute Gasteiger partial charge is 0.467 e. The van der Waals surface area contributed by atoms with Crippen molar-refractivity contribution < 1.29 is 14.3 Å². The van der Waals surface area contributed by atoms with E-state index in [2.05, 4.69) is 20.3 Å². The Labute approximate surface area is 103 Å². The van der Waals surface area contributed by atoms with Crippen LogP contribution in [0.2, 0.25) is 0 Å². The molecule has 0 fully saturated rings. The number of ether oxygens (including phenoxy) is 2. The summed E-state index contributed by atoms with van der Waals surface area (Å²) in [5.41, 5.74) is 1.50. The van der Waals surface area contributed by atoms with E-state index in [0.717, 1.165) is 5.69 Å². The molecule has 0 aliphatic heterocycles. The van der Waals surface area contributed by atoms with Crippen LogP contribution in [0.3, 0.4) is 0 Å². The van der Waals surface area contributed by atoms with E-state index in [1.165, 1.54) is 25.2 Å². The molecule has 0 saturated heterocycles. The standard InChI is InChI=1S/C11H12N4O3/c1-17-10(11(16)18-2)8-3-5-9(6-4-8)15-7-12-13-14-15/h3-7,10H,1-2H3. The molecule has 0 spiro atoms. The normalized spacial score (nSPS) is 12.1. The number of aromatic nitrogens is 4. The van der Waals surface area contributed by atoms with Gasteiger partial charge < -0.3 is 9.47 Å². The summed E-state index contributed by atoms with van der Waals surface area (Å²) in [6.45, 7) is 0. The van der Waals surface area contributed by atoms with Gasteiger partial charge in [-0.2, -0.15) is 0 Å². The quantitative estimate of drug-likeness (QED) is 0.734. The lowest BCUT2D eigenvalue weighted by molar-refractivity contribution is -0.152. The van der Waals surface area contributed by atoms with Crippen LogP contribution in [0.25, 0.3) is 5.69 Å². The molecular formula is C11H12N4O3. The number of carbonyl (C=O) groups excluding carboxylic acids is 1. The predicted molar refractivity (Wildman–Crippen MR) is 60.9 cm³/mol. The van der Waals surface area contributed by atoms with Crippen LogP contribution < -0.4 is 0 Å².